The first-order valence-corrected chi connectivity index (χ1v) is 8.37. The third-order valence-corrected chi connectivity index (χ3v) is 5.14. The van der Waals surface area contributed by atoms with Crippen LogP contribution >= 0.6 is 23.1 Å². The molecule has 7 heteroatoms. The Morgan fingerprint density at radius 3 is 3.10 bits per heavy atom. The summed E-state index contributed by atoms with van der Waals surface area (Å²) in [5.74, 6) is 0.966. The predicted octanol–water partition coefficient (Wildman–Crippen LogP) is 3.31. The van der Waals surface area contributed by atoms with Crippen LogP contribution in [0.25, 0.3) is 10.2 Å². The first-order valence-electron chi connectivity index (χ1n) is 6.56. The molecule has 0 aliphatic heterocycles. The first kappa shape index (κ1) is 14.1. The molecule has 0 saturated heterocycles. The van der Waals surface area contributed by atoms with E-state index in [0.29, 0.717) is 11.6 Å². The highest BCUT2D eigenvalue weighted by atomic mass is 32.2. The number of aromatic nitrogens is 3. The Bertz CT molecular complexity index is 732. The van der Waals surface area contributed by atoms with E-state index >= 15 is 0 Å². The molecule has 0 unspecified atom stereocenters. The number of rotatable bonds is 5. The number of aryl methyl sites for hydroxylation is 1. The molecule has 5 nitrogen and oxygen atoms in total. The largest absolute Gasteiger partial charge is 0.310 e. The van der Waals surface area contributed by atoms with Crippen molar-refractivity contribution in [2.75, 3.05) is 11.1 Å². The zero-order valence-corrected chi connectivity index (χ0v) is 13.1. The molecule has 3 aromatic rings. The van der Waals surface area contributed by atoms with Crippen LogP contribution in [-0.2, 0) is 11.2 Å². The van der Waals surface area contributed by atoms with Gasteiger partial charge in [0, 0.05) is 5.56 Å². The fourth-order valence-corrected chi connectivity index (χ4v) is 3.77. The summed E-state index contributed by atoms with van der Waals surface area (Å²) in [4.78, 5) is 16.5. The third-order valence-electron chi connectivity index (χ3n) is 2.96. The summed E-state index contributed by atoms with van der Waals surface area (Å²) < 4.78 is 2.05. The molecule has 0 radical (unpaired) electrons. The Kier molecular flexibility index (Phi) is 4.21. The van der Waals surface area contributed by atoms with E-state index in [-0.39, 0.29) is 5.91 Å². The van der Waals surface area contributed by atoms with Crippen LogP contribution in [-0.4, -0.2) is 26.8 Å². The number of anilines is 1. The summed E-state index contributed by atoms with van der Waals surface area (Å²) in [7, 11) is 0. The van der Waals surface area contributed by atoms with Gasteiger partial charge in [-0.25, -0.2) is 4.98 Å². The van der Waals surface area contributed by atoms with Crippen molar-refractivity contribution in [1.82, 2.24) is 15.2 Å². The molecule has 0 saturated carbocycles. The van der Waals surface area contributed by atoms with E-state index in [2.05, 4.69) is 20.5 Å². The van der Waals surface area contributed by atoms with Crippen molar-refractivity contribution >= 4 is 45.0 Å². The lowest BCUT2D eigenvalue weighted by atomic mass is 10.2. The van der Waals surface area contributed by atoms with Crippen molar-refractivity contribution in [2.24, 2.45) is 0 Å². The quantitative estimate of drug-likeness (QED) is 0.708. The van der Waals surface area contributed by atoms with E-state index in [1.54, 1.807) is 17.5 Å². The minimum atomic E-state index is -0.0572. The smallest absolute Gasteiger partial charge is 0.235 e. The highest BCUT2D eigenvalue weighted by Crippen LogP contribution is 2.29. The van der Waals surface area contributed by atoms with Crippen molar-refractivity contribution in [3.05, 3.63) is 36.0 Å². The number of aromatic amines is 1. The Labute approximate surface area is 130 Å². The zero-order valence-electron chi connectivity index (χ0n) is 11.4. The summed E-state index contributed by atoms with van der Waals surface area (Å²) in [6.07, 6.45) is 2.56. The van der Waals surface area contributed by atoms with E-state index in [1.165, 1.54) is 11.8 Å². The second-order valence-electron chi connectivity index (χ2n) is 4.41. The van der Waals surface area contributed by atoms with E-state index < -0.39 is 0 Å². The number of H-pyrrole nitrogens is 1. The number of hydrogen-bond acceptors (Lipinski definition) is 5. The monoisotopic (exact) mass is 318 g/mol. The van der Waals surface area contributed by atoms with Crippen molar-refractivity contribution in [3.63, 3.8) is 0 Å². The van der Waals surface area contributed by atoms with E-state index in [4.69, 9.17) is 0 Å². The van der Waals surface area contributed by atoms with Gasteiger partial charge in [0.25, 0.3) is 0 Å². The summed E-state index contributed by atoms with van der Waals surface area (Å²) in [5.41, 5.74) is 1.99. The van der Waals surface area contributed by atoms with Crippen molar-refractivity contribution in [1.29, 1.82) is 0 Å². The van der Waals surface area contributed by atoms with Gasteiger partial charge in [-0.05, 0) is 18.6 Å². The van der Waals surface area contributed by atoms with Gasteiger partial charge in [0.1, 0.15) is 5.82 Å². The fourth-order valence-electron chi connectivity index (χ4n) is 1.90. The maximum absolute atomic E-state index is 12.0. The average molecular weight is 318 g/mol. The number of benzene rings is 1. The molecule has 2 heterocycles. The number of thiazole rings is 1. The van der Waals surface area contributed by atoms with Gasteiger partial charge in [0.05, 0.1) is 22.2 Å². The van der Waals surface area contributed by atoms with Crippen molar-refractivity contribution < 1.29 is 4.79 Å². The van der Waals surface area contributed by atoms with Crippen LogP contribution < -0.4 is 5.32 Å². The molecule has 3 rings (SSSR count). The summed E-state index contributed by atoms with van der Waals surface area (Å²) >= 11 is 3.06. The summed E-state index contributed by atoms with van der Waals surface area (Å²) in [6.45, 7) is 2.02. The van der Waals surface area contributed by atoms with Gasteiger partial charge in [-0.15, -0.1) is 11.3 Å². The van der Waals surface area contributed by atoms with Crippen LogP contribution in [0, 0.1) is 0 Å². The van der Waals surface area contributed by atoms with Crippen LogP contribution in [0.15, 0.2) is 34.8 Å². The number of thioether (sulfide) groups is 1. The number of para-hydroxylation sites is 1. The van der Waals surface area contributed by atoms with Crippen molar-refractivity contribution in [2.45, 2.75) is 17.7 Å². The molecule has 0 aliphatic rings. The second kappa shape index (κ2) is 6.28. The van der Waals surface area contributed by atoms with Gasteiger partial charge in [-0.2, -0.15) is 5.10 Å². The Hall–Kier alpha value is -1.86. The Balaban J connectivity index is 1.60. The number of carbonyl (C=O) groups is 1. The highest BCUT2D eigenvalue weighted by molar-refractivity contribution is 8.01. The molecule has 1 aromatic carbocycles. The molecule has 0 spiro atoms. The maximum atomic E-state index is 12.0. The fraction of sp³-hybridized carbons (Fsp3) is 0.214. The molecule has 21 heavy (non-hydrogen) atoms. The number of nitrogens with one attached hydrogen (secondary N) is 2. The van der Waals surface area contributed by atoms with Crippen LogP contribution in [0.1, 0.15) is 12.5 Å². The standard InChI is InChI=1S/C14H14N4OS2/c1-2-9-7-15-18-13(9)17-12(19)8-20-14-16-10-5-3-4-6-11(10)21-14/h3-7H,2,8H2,1H3,(H2,15,17,18,19). The Morgan fingerprint density at radius 1 is 1.43 bits per heavy atom. The van der Waals surface area contributed by atoms with Crippen LogP contribution in [0.2, 0.25) is 0 Å². The molecule has 2 aromatic heterocycles. The molecule has 0 aliphatic carbocycles. The van der Waals surface area contributed by atoms with Gasteiger partial charge < -0.3 is 5.32 Å². The number of nitrogens with zero attached hydrogens (tertiary/aromatic N) is 2. The van der Waals surface area contributed by atoms with E-state index in [9.17, 15) is 4.79 Å². The van der Waals surface area contributed by atoms with E-state index in [0.717, 1.165) is 26.5 Å². The maximum Gasteiger partial charge on any atom is 0.235 e. The van der Waals surface area contributed by atoms with E-state index in [1.807, 2.05) is 31.2 Å². The average Bonchev–Trinajstić information content (AvgIpc) is 3.10. The number of hydrogen-bond donors (Lipinski definition) is 2. The number of amides is 1. The van der Waals surface area contributed by atoms with Gasteiger partial charge in [0.15, 0.2) is 4.34 Å². The molecule has 2 N–H and O–H groups in total. The van der Waals surface area contributed by atoms with Gasteiger partial charge in [0.2, 0.25) is 5.91 Å². The second-order valence-corrected chi connectivity index (χ2v) is 6.66. The van der Waals surface area contributed by atoms with Gasteiger partial charge in [-0.3, -0.25) is 9.89 Å². The summed E-state index contributed by atoms with van der Waals surface area (Å²) in [5, 5.41) is 9.58. The lowest BCUT2D eigenvalue weighted by Crippen LogP contribution is -2.15. The highest BCUT2D eigenvalue weighted by Gasteiger charge is 2.10. The lowest BCUT2D eigenvalue weighted by Gasteiger charge is -2.03. The Morgan fingerprint density at radius 2 is 2.29 bits per heavy atom. The normalized spacial score (nSPS) is 10.9. The third kappa shape index (κ3) is 3.25. The molecule has 0 bridgehead atoms. The molecular formula is C14H14N4OS2. The first-order chi connectivity index (χ1) is 10.3. The van der Waals surface area contributed by atoms with Gasteiger partial charge >= 0.3 is 0 Å². The molecular weight excluding hydrogens is 304 g/mol. The molecule has 0 fully saturated rings. The molecule has 108 valence electrons. The minimum Gasteiger partial charge on any atom is -0.310 e. The molecule has 0 atom stereocenters. The van der Waals surface area contributed by atoms with Crippen LogP contribution in [0.5, 0.6) is 0 Å². The summed E-state index contributed by atoms with van der Waals surface area (Å²) in [6, 6.07) is 7.98. The van der Waals surface area contributed by atoms with Gasteiger partial charge in [-0.1, -0.05) is 30.8 Å². The number of carbonyl (C=O) groups excluding carboxylic acids is 1. The van der Waals surface area contributed by atoms with Crippen LogP contribution in [0.3, 0.4) is 0 Å². The zero-order chi connectivity index (χ0) is 14.7. The predicted molar refractivity (Wildman–Crippen MR) is 86.9 cm³/mol. The topological polar surface area (TPSA) is 70.7 Å². The number of fused-ring (bicyclic) bond motifs is 1. The van der Waals surface area contributed by atoms with Crippen LogP contribution in [0.4, 0.5) is 5.82 Å². The lowest BCUT2D eigenvalue weighted by molar-refractivity contribution is -0.113. The SMILES string of the molecule is CCc1cn[nH]c1NC(=O)CSc1nc2ccccc2s1. The molecule has 1 amide bonds. The van der Waals surface area contributed by atoms with Crippen molar-refractivity contribution in [3.8, 4) is 0 Å². The minimum absolute atomic E-state index is 0.0572.